The molecule has 4 rings (SSSR count). The van der Waals surface area contributed by atoms with Crippen LogP contribution in [0.2, 0.25) is 0 Å². The molecule has 3 aromatic rings. The lowest BCUT2D eigenvalue weighted by Crippen LogP contribution is -2.29. The monoisotopic (exact) mass is 405 g/mol. The van der Waals surface area contributed by atoms with Crippen LogP contribution >= 0.6 is 0 Å². The van der Waals surface area contributed by atoms with Gasteiger partial charge in [0.25, 0.3) is 5.91 Å². The zero-order valence-corrected chi connectivity index (χ0v) is 18.2. The molecule has 0 fully saturated rings. The summed E-state index contributed by atoms with van der Waals surface area (Å²) in [6, 6.07) is 14.2. The van der Waals surface area contributed by atoms with Gasteiger partial charge in [0.15, 0.2) is 0 Å². The van der Waals surface area contributed by atoms with Gasteiger partial charge in [0.2, 0.25) is 0 Å². The van der Waals surface area contributed by atoms with Gasteiger partial charge in [0.05, 0.1) is 11.7 Å². The van der Waals surface area contributed by atoms with Crippen molar-refractivity contribution in [3.8, 4) is 0 Å². The standard InChI is InChI=1S/C25H28FN3O/c1-15(2)14-20-21-22(28-27-20)24(30)29(23(21)16-6-10-18(26)11-7-16)19-12-8-17(9-13-19)25(3,4)5/h6-13,15,23H,14H2,1-5H3,(H,27,28). The van der Waals surface area contributed by atoms with E-state index in [0.29, 0.717) is 11.6 Å². The highest BCUT2D eigenvalue weighted by atomic mass is 19.1. The fraction of sp³-hybridized carbons (Fsp3) is 0.360. The number of hydrogen-bond donors (Lipinski definition) is 1. The summed E-state index contributed by atoms with van der Waals surface area (Å²) in [6.07, 6.45) is 0.771. The van der Waals surface area contributed by atoms with E-state index in [1.807, 2.05) is 12.1 Å². The number of anilines is 1. The minimum Gasteiger partial charge on any atom is -0.295 e. The van der Waals surface area contributed by atoms with Crippen molar-refractivity contribution >= 4 is 11.6 Å². The molecule has 0 bridgehead atoms. The Balaban J connectivity index is 1.83. The maximum Gasteiger partial charge on any atom is 0.277 e. The van der Waals surface area contributed by atoms with Crippen LogP contribution in [0.25, 0.3) is 0 Å². The van der Waals surface area contributed by atoms with Crippen molar-refractivity contribution in [3.05, 3.63) is 82.4 Å². The molecule has 1 amide bonds. The lowest BCUT2D eigenvalue weighted by atomic mass is 9.87. The van der Waals surface area contributed by atoms with Crippen LogP contribution in [0.5, 0.6) is 0 Å². The summed E-state index contributed by atoms with van der Waals surface area (Å²) in [5.41, 5.74) is 5.26. The number of carbonyl (C=O) groups excluding carboxylic acids is 1. The molecular weight excluding hydrogens is 377 g/mol. The van der Waals surface area contributed by atoms with Gasteiger partial charge >= 0.3 is 0 Å². The predicted molar refractivity (Wildman–Crippen MR) is 117 cm³/mol. The number of benzene rings is 2. The molecule has 0 saturated carbocycles. The molecule has 2 aromatic carbocycles. The van der Waals surface area contributed by atoms with Gasteiger partial charge in [-0.25, -0.2) is 4.39 Å². The van der Waals surface area contributed by atoms with E-state index < -0.39 is 0 Å². The lowest BCUT2D eigenvalue weighted by Gasteiger charge is -2.27. The molecule has 2 heterocycles. The normalized spacial score (nSPS) is 16.4. The molecule has 0 saturated heterocycles. The number of halogens is 1. The third-order valence-corrected chi connectivity index (χ3v) is 5.65. The molecule has 1 aromatic heterocycles. The molecule has 4 nitrogen and oxygen atoms in total. The number of nitrogens with zero attached hydrogens (tertiary/aromatic N) is 2. The van der Waals surface area contributed by atoms with Crippen molar-refractivity contribution in [2.75, 3.05) is 4.90 Å². The van der Waals surface area contributed by atoms with Crippen LogP contribution < -0.4 is 4.90 Å². The Morgan fingerprint density at radius 3 is 2.27 bits per heavy atom. The van der Waals surface area contributed by atoms with Gasteiger partial charge in [-0.05, 0) is 53.1 Å². The van der Waals surface area contributed by atoms with E-state index in [4.69, 9.17) is 0 Å². The van der Waals surface area contributed by atoms with Crippen molar-refractivity contribution in [2.24, 2.45) is 5.92 Å². The number of H-pyrrole nitrogens is 1. The highest BCUT2D eigenvalue weighted by Gasteiger charge is 2.42. The van der Waals surface area contributed by atoms with Crippen molar-refractivity contribution in [1.29, 1.82) is 0 Å². The Labute approximate surface area is 177 Å². The van der Waals surface area contributed by atoms with E-state index >= 15 is 0 Å². The van der Waals surface area contributed by atoms with Crippen molar-refractivity contribution < 1.29 is 9.18 Å². The Kier molecular flexibility index (Phi) is 5.00. The molecular formula is C25H28FN3O. The molecule has 0 radical (unpaired) electrons. The average Bonchev–Trinajstić information content (AvgIpc) is 3.21. The van der Waals surface area contributed by atoms with Crippen LogP contribution in [0.15, 0.2) is 48.5 Å². The minimum atomic E-state index is -0.332. The van der Waals surface area contributed by atoms with Gasteiger partial charge in [-0.3, -0.25) is 14.8 Å². The lowest BCUT2D eigenvalue weighted by molar-refractivity contribution is 0.0988. The van der Waals surface area contributed by atoms with Crippen molar-refractivity contribution in [3.63, 3.8) is 0 Å². The largest absolute Gasteiger partial charge is 0.295 e. The Bertz CT molecular complexity index is 1060. The van der Waals surface area contributed by atoms with E-state index in [-0.39, 0.29) is 23.2 Å². The second kappa shape index (κ2) is 7.38. The van der Waals surface area contributed by atoms with Gasteiger partial charge < -0.3 is 0 Å². The molecule has 1 unspecified atom stereocenters. The summed E-state index contributed by atoms with van der Waals surface area (Å²) in [6.45, 7) is 10.8. The van der Waals surface area contributed by atoms with Crippen LogP contribution in [-0.4, -0.2) is 16.1 Å². The van der Waals surface area contributed by atoms with Crippen molar-refractivity contribution in [2.45, 2.75) is 52.5 Å². The maximum absolute atomic E-state index is 13.6. The zero-order chi connectivity index (χ0) is 21.6. The first-order valence-corrected chi connectivity index (χ1v) is 10.4. The fourth-order valence-electron chi connectivity index (χ4n) is 4.10. The minimum absolute atomic E-state index is 0.0303. The second-order valence-electron chi connectivity index (χ2n) is 9.48. The number of aromatic amines is 1. The first-order valence-electron chi connectivity index (χ1n) is 10.4. The number of carbonyl (C=O) groups is 1. The van der Waals surface area contributed by atoms with Gasteiger partial charge in [-0.1, -0.05) is 58.9 Å². The van der Waals surface area contributed by atoms with Crippen LogP contribution in [0.3, 0.4) is 0 Å². The Morgan fingerprint density at radius 1 is 1.07 bits per heavy atom. The Hall–Kier alpha value is -2.95. The molecule has 1 aliphatic heterocycles. The number of nitrogens with one attached hydrogen (secondary N) is 1. The third kappa shape index (κ3) is 3.53. The van der Waals surface area contributed by atoms with Gasteiger partial charge in [0, 0.05) is 11.3 Å². The molecule has 1 aliphatic rings. The topological polar surface area (TPSA) is 49.0 Å². The molecule has 0 aliphatic carbocycles. The van der Waals surface area contributed by atoms with Gasteiger partial charge in [-0.15, -0.1) is 0 Å². The molecule has 156 valence electrons. The van der Waals surface area contributed by atoms with Crippen LogP contribution in [-0.2, 0) is 11.8 Å². The molecule has 1 N–H and O–H groups in total. The first kappa shape index (κ1) is 20.3. The van der Waals surface area contributed by atoms with E-state index in [9.17, 15) is 9.18 Å². The summed E-state index contributed by atoms with van der Waals surface area (Å²) < 4.78 is 13.6. The van der Waals surface area contributed by atoms with E-state index in [2.05, 4.69) is 56.9 Å². The number of aromatic nitrogens is 2. The fourth-order valence-corrected chi connectivity index (χ4v) is 4.10. The highest BCUT2D eigenvalue weighted by Crippen LogP contribution is 2.43. The summed E-state index contributed by atoms with van der Waals surface area (Å²) in [4.78, 5) is 15.2. The zero-order valence-electron chi connectivity index (χ0n) is 18.2. The number of hydrogen-bond acceptors (Lipinski definition) is 2. The quantitative estimate of drug-likeness (QED) is 0.597. The third-order valence-electron chi connectivity index (χ3n) is 5.65. The SMILES string of the molecule is CC(C)Cc1n[nH]c2c1C(c1ccc(F)cc1)N(c1ccc(C(C)(C)C)cc1)C2=O. The van der Waals surface area contributed by atoms with E-state index in [1.165, 1.54) is 17.7 Å². The molecule has 0 spiro atoms. The van der Waals surface area contributed by atoms with E-state index in [0.717, 1.165) is 28.9 Å². The summed E-state index contributed by atoms with van der Waals surface area (Å²) in [7, 11) is 0. The van der Waals surface area contributed by atoms with E-state index in [1.54, 1.807) is 17.0 Å². The van der Waals surface area contributed by atoms with Crippen molar-refractivity contribution in [1.82, 2.24) is 10.2 Å². The second-order valence-corrected chi connectivity index (χ2v) is 9.48. The maximum atomic E-state index is 13.6. The number of amides is 1. The first-order chi connectivity index (χ1) is 14.2. The van der Waals surface area contributed by atoms with Gasteiger partial charge in [-0.2, -0.15) is 5.10 Å². The van der Waals surface area contributed by atoms with Crippen LogP contribution in [0.1, 0.15) is 73.5 Å². The Morgan fingerprint density at radius 2 is 1.70 bits per heavy atom. The molecule has 5 heteroatoms. The summed E-state index contributed by atoms with van der Waals surface area (Å²) >= 11 is 0. The average molecular weight is 406 g/mol. The summed E-state index contributed by atoms with van der Waals surface area (Å²) in [5, 5.41) is 7.42. The molecule has 30 heavy (non-hydrogen) atoms. The smallest absolute Gasteiger partial charge is 0.277 e. The summed E-state index contributed by atoms with van der Waals surface area (Å²) in [5.74, 6) is 0.00537. The van der Waals surface area contributed by atoms with Crippen LogP contribution in [0, 0.1) is 11.7 Å². The molecule has 1 atom stereocenters. The number of fused-ring (bicyclic) bond motifs is 1. The highest BCUT2D eigenvalue weighted by molar-refractivity contribution is 6.10. The van der Waals surface area contributed by atoms with Crippen LogP contribution in [0.4, 0.5) is 10.1 Å². The predicted octanol–water partition coefficient (Wildman–Crippen LogP) is 5.79. The number of rotatable bonds is 4. The van der Waals surface area contributed by atoms with Gasteiger partial charge in [0.1, 0.15) is 11.5 Å².